The predicted octanol–water partition coefficient (Wildman–Crippen LogP) is 5.33. The first-order valence-electron chi connectivity index (χ1n) is 9.02. The Labute approximate surface area is 149 Å². The fourth-order valence-corrected chi connectivity index (χ4v) is 3.55. The van der Waals surface area contributed by atoms with Crippen LogP contribution in [0.15, 0.2) is 66.9 Å². The van der Waals surface area contributed by atoms with Gasteiger partial charge in [-0.05, 0) is 48.6 Å². The molecule has 1 aliphatic heterocycles. The van der Waals surface area contributed by atoms with Gasteiger partial charge >= 0.3 is 0 Å². The van der Waals surface area contributed by atoms with Crippen molar-refractivity contribution >= 4 is 22.6 Å². The van der Waals surface area contributed by atoms with E-state index in [2.05, 4.69) is 84.0 Å². The second-order valence-electron chi connectivity index (χ2n) is 6.83. The highest BCUT2D eigenvalue weighted by molar-refractivity contribution is 5.88. The highest BCUT2D eigenvalue weighted by Gasteiger charge is 2.14. The van der Waals surface area contributed by atoms with Crippen LogP contribution in [0.1, 0.15) is 29.5 Å². The third kappa shape index (κ3) is 3.59. The molecule has 0 amide bonds. The molecule has 3 aromatic rings. The molecule has 0 aliphatic carbocycles. The Morgan fingerprint density at radius 3 is 2.84 bits per heavy atom. The molecule has 0 saturated heterocycles. The van der Waals surface area contributed by atoms with Crippen LogP contribution in [0.25, 0.3) is 22.6 Å². The summed E-state index contributed by atoms with van der Waals surface area (Å²) in [5.41, 5.74) is 6.62. The zero-order chi connectivity index (χ0) is 17.1. The van der Waals surface area contributed by atoms with E-state index < -0.39 is 0 Å². The van der Waals surface area contributed by atoms with E-state index in [1.165, 1.54) is 33.2 Å². The first-order valence-corrected chi connectivity index (χ1v) is 9.02. The number of aryl methyl sites for hydroxylation is 1. The maximum Gasteiger partial charge on any atom is 0.0459 e. The van der Waals surface area contributed by atoms with Crippen LogP contribution in [0.3, 0.4) is 0 Å². The lowest BCUT2D eigenvalue weighted by molar-refractivity contribution is 0.542. The van der Waals surface area contributed by atoms with Crippen LogP contribution in [0.2, 0.25) is 0 Å². The second-order valence-corrected chi connectivity index (χ2v) is 6.83. The van der Waals surface area contributed by atoms with Crippen molar-refractivity contribution in [1.29, 1.82) is 0 Å². The molecule has 25 heavy (non-hydrogen) atoms. The van der Waals surface area contributed by atoms with Gasteiger partial charge in [-0.2, -0.15) is 0 Å². The van der Waals surface area contributed by atoms with Gasteiger partial charge in [0.1, 0.15) is 0 Å². The fraction of sp³-hybridized carbons (Fsp3) is 0.217. The molecular formula is C23H24N2. The van der Waals surface area contributed by atoms with E-state index in [-0.39, 0.29) is 0 Å². The van der Waals surface area contributed by atoms with Crippen molar-refractivity contribution in [1.82, 2.24) is 10.3 Å². The molecule has 126 valence electrons. The molecule has 2 nitrogen and oxygen atoms in total. The SMILES string of the molecule is Cc1ccc(C2=CCNC(CC=Cc3cccc4[nH]ccc34)C2)cc1. The number of hydrogen-bond acceptors (Lipinski definition) is 1. The minimum Gasteiger partial charge on any atom is -0.361 e. The van der Waals surface area contributed by atoms with Crippen LogP contribution in [-0.4, -0.2) is 17.6 Å². The van der Waals surface area contributed by atoms with Gasteiger partial charge in [-0.1, -0.05) is 60.2 Å². The van der Waals surface area contributed by atoms with E-state index >= 15 is 0 Å². The maximum absolute atomic E-state index is 3.61. The molecule has 2 N–H and O–H groups in total. The Kier molecular flexibility index (Phi) is 4.53. The molecule has 1 aliphatic rings. The summed E-state index contributed by atoms with van der Waals surface area (Å²) in [6.07, 6.45) is 11.0. The van der Waals surface area contributed by atoms with Gasteiger partial charge in [-0.15, -0.1) is 0 Å². The van der Waals surface area contributed by atoms with Crippen LogP contribution in [0.4, 0.5) is 0 Å². The molecule has 1 atom stereocenters. The summed E-state index contributed by atoms with van der Waals surface area (Å²) in [6.45, 7) is 3.09. The average Bonchev–Trinajstić information content (AvgIpc) is 3.12. The minimum absolute atomic E-state index is 0.503. The van der Waals surface area contributed by atoms with Gasteiger partial charge < -0.3 is 10.3 Å². The molecule has 2 heterocycles. The molecule has 2 aromatic carbocycles. The summed E-state index contributed by atoms with van der Waals surface area (Å²) in [6, 6.07) is 17.9. The highest BCUT2D eigenvalue weighted by atomic mass is 14.9. The number of rotatable bonds is 4. The van der Waals surface area contributed by atoms with Crippen molar-refractivity contribution in [3.05, 3.63) is 83.6 Å². The van der Waals surface area contributed by atoms with Crippen molar-refractivity contribution in [3.8, 4) is 0 Å². The van der Waals surface area contributed by atoms with Gasteiger partial charge in [0.25, 0.3) is 0 Å². The molecular weight excluding hydrogens is 304 g/mol. The number of aromatic nitrogens is 1. The molecule has 1 aromatic heterocycles. The van der Waals surface area contributed by atoms with E-state index in [4.69, 9.17) is 0 Å². The van der Waals surface area contributed by atoms with Gasteiger partial charge in [0, 0.05) is 29.7 Å². The Balaban J connectivity index is 1.42. The lowest BCUT2D eigenvalue weighted by atomic mass is 9.93. The quantitative estimate of drug-likeness (QED) is 0.666. The Hall–Kier alpha value is -2.58. The first-order chi connectivity index (χ1) is 12.3. The lowest BCUT2D eigenvalue weighted by Gasteiger charge is -2.23. The molecule has 1 unspecified atom stereocenters. The van der Waals surface area contributed by atoms with Crippen LogP contribution < -0.4 is 5.32 Å². The van der Waals surface area contributed by atoms with Gasteiger partial charge in [-0.3, -0.25) is 0 Å². The zero-order valence-corrected chi connectivity index (χ0v) is 14.6. The number of aromatic amines is 1. The number of nitrogens with one attached hydrogen (secondary N) is 2. The van der Waals surface area contributed by atoms with Crippen molar-refractivity contribution in [3.63, 3.8) is 0 Å². The first kappa shape index (κ1) is 15.9. The van der Waals surface area contributed by atoms with Crippen LogP contribution in [0.5, 0.6) is 0 Å². The molecule has 0 radical (unpaired) electrons. The monoisotopic (exact) mass is 328 g/mol. The molecule has 0 spiro atoms. The second kappa shape index (κ2) is 7.12. The van der Waals surface area contributed by atoms with Crippen molar-refractivity contribution < 1.29 is 0 Å². The molecule has 4 rings (SSSR count). The molecule has 0 fully saturated rings. The van der Waals surface area contributed by atoms with E-state index in [0.717, 1.165) is 19.4 Å². The van der Waals surface area contributed by atoms with E-state index in [0.29, 0.717) is 6.04 Å². The Morgan fingerprint density at radius 2 is 1.96 bits per heavy atom. The third-order valence-corrected chi connectivity index (χ3v) is 4.99. The summed E-state index contributed by atoms with van der Waals surface area (Å²) >= 11 is 0. The summed E-state index contributed by atoms with van der Waals surface area (Å²) in [7, 11) is 0. The topological polar surface area (TPSA) is 27.8 Å². The Bertz CT molecular complexity index is 913. The predicted molar refractivity (Wildman–Crippen MR) is 108 cm³/mol. The van der Waals surface area contributed by atoms with Crippen molar-refractivity contribution in [2.75, 3.05) is 6.54 Å². The van der Waals surface area contributed by atoms with E-state index in [1.54, 1.807) is 0 Å². The molecule has 2 heteroatoms. The van der Waals surface area contributed by atoms with E-state index in [1.807, 2.05) is 6.20 Å². The lowest BCUT2D eigenvalue weighted by Crippen LogP contribution is -2.32. The third-order valence-electron chi connectivity index (χ3n) is 4.99. The van der Waals surface area contributed by atoms with Crippen LogP contribution in [-0.2, 0) is 0 Å². The van der Waals surface area contributed by atoms with Gasteiger partial charge in [0.05, 0.1) is 0 Å². The Morgan fingerprint density at radius 1 is 1.08 bits per heavy atom. The molecule has 0 saturated carbocycles. The smallest absolute Gasteiger partial charge is 0.0459 e. The summed E-state index contributed by atoms with van der Waals surface area (Å²) < 4.78 is 0. The highest BCUT2D eigenvalue weighted by Crippen LogP contribution is 2.25. The number of hydrogen-bond donors (Lipinski definition) is 2. The summed E-state index contributed by atoms with van der Waals surface area (Å²) in [4.78, 5) is 3.27. The fourth-order valence-electron chi connectivity index (χ4n) is 3.55. The summed E-state index contributed by atoms with van der Waals surface area (Å²) in [5.74, 6) is 0. The van der Waals surface area contributed by atoms with Crippen LogP contribution >= 0.6 is 0 Å². The summed E-state index contributed by atoms with van der Waals surface area (Å²) in [5, 5.41) is 4.90. The molecule has 0 bridgehead atoms. The average molecular weight is 328 g/mol. The maximum atomic E-state index is 3.61. The largest absolute Gasteiger partial charge is 0.361 e. The number of benzene rings is 2. The van der Waals surface area contributed by atoms with Gasteiger partial charge in [0.2, 0.25) is 0 Å². The van der Waals surface area contributed by atoms with Crippen molar-refractivity contribution in [2.45, 2.75) is 25.8 Å². The standard InChI is InChI=1S/C23H24N2/c1-17-8-10-18(11-9-17)20-12-14-24-21(16-20)6-2-4-19-5-3-7-23-22(19)13-15-25-23/h2-5,7-13,15,21,24-25H,6,14,16H2,1H3. The van der Waals surface area contributed by atoms with E-state index in [9.17, 15) is 0 Å². The van der Waals surface area contributed by atoms with Gasteiger partial charge in [0.15, 0.2) is 0 Å². The number of H-pyrrole nitrogens is 1. The minimum atomic E-state index is 0.503. The zero-order valence-electron chi connectivity index (χ0n) is 14.6. The van der Waals surface area contributed by atoms with Crippen molar-refractivity contribution in [2.24, 2.45) is 0 Å². The van der Waals surface area contributed by atoms with Gasteiger partial charge in [-0.25, -0.2) is 0 Å². The van der Waals surface area contributed by atoms with Crippen LogP contribution in [0, 0.1) is 6.92 Å². The number of fused-ring (bicyclic) bond motifs is 1. The normalized spacial score (nSPS) is 18.0.